The topological polar surface area (TPSA) is 29.5 Å². The van der Waals surface area contributed by atoms with Crippen LogP contribution >= 0.6 is 0 Å². The van der Waals surface area contributed by atoms with Crippen LogP contribution in [0.3, 0.4) is 0 Å². The van der Waals surface area contributed by atoms with E-state index in [1.165, 1.54) is 0 Å². The lowest BCUT2D eigenvalue weighted by molar-refractivity contribution is 0.669. The standard InChI is InChI=1S/C46H29NO2/c1-3-12-30(13-4-1)31-22-24-33(25-23-31)47(34-26-27-37-36-17-9-10-20-42(36)48-44(37)28-34)41-19-11-21-43-45(41)40-29-39(32-14-5-2-6-15-32)35-16-7-8-18-38(35)46(40)49-43/h1-29H/i7D,8D,11D,16D,18D,19D,21D,29D. The Labute approximate surface area is 294 Å². The largest absolute Gasteiger partial charge is 0.456 e. The zero-order valence-corrected chi connectivity index (χ0v) is 25.9. The summed E-state index contributed by atoms with van der Waals surface area (Å²) in [5, 5.41) is 2.35. The maximum atomic E-state index is 9.87. The summed E-state index contributed by atoms with van der Waals surface area (Å²) >= 11 is 0. The molecule has 3 heteroatoms. The molecule has 0 atom stereocenters. The molecule has 0 bridgehead atoms. The van der Waals surface area contributed by atoms with Gasteiger partial charge in [0.2, 0.25) is 0 Å². The molecule has 0 radical (unpaired) electrons. The van der Waals surface area contributed by atoms with E-state index in [0.717, 1.165) is 21.9 Å². The second-order valence-electron chi connectivity index (χ2n) is 11.9. The molecule has 2 aromatic heterocycles. The molecule has 230 valence electrons. The van der Waals surface area contributed by atoms with Crippen LogP contribution in [0.5, 0.6) is 0 Å². The van der Waals surface area contributed by atoms with Crippen LogP contribution in [-0.2, 0) is 0 Å². The van der Waals surface area contributed by atoms with E-state index in [0.29, 0.717) is 28.1 Å². The fourth-order valence-electron chi connectivity index (χ4n) is 6.79. The molecule has 0 saturated heterocycles. The molecule has 0 aliphatic carbocycles. The van der Waals surface area contributed by atoms with E-state index in [-0.39, 0.29) is 74.2 Å². The number of benzene rings is 8. The predicted molar refractivity (Wildman–Crippen MR) is 204 cm³/mol. The summed E-state index contributed by atoms with van der Waals surface area (Å²) in [5.41, 5.74) is 5.34. The van der Waals surface area contributed by atoms with Crippen molar-refractivity contribution in [3.63, 3.8) is 0 Å². The van der Waals surface area contributed by atoms with Gasteiger partial charge < -0.3 is 13.7 Å². The molecule has 10 aromatic rings. The van der Waals surface area contributed by atoms with Crippen LogP contribution in [0.15, 0.2) is 185 Å². The smallest absolute Gasteiger partial charge is 0.143 e. The molecule has 0 aliphatic rings. The molecule has 3 nitrogen and oxygen atoms in total. The highest BCUT2D eigenvalue weighted by atomic mass is 16.3. The summed E-state index contributed by atoms with van der Waals surface area (Å²) < 4.78 is 85.8. The van der Waals surface area contributed by atoms with Crippen LogP contribution in [0.2, 0.25) is 0 Å². The number of furan rings is 2. The maximum Gasteiger partial charge on any atom is 0.143 e. The first-order chi connectivity index (χ1) is 27.6. The van der Waals surface area contributed by atoms with Gasteiger partial charge in [0.25, 0.3) is 0 Å². The average Bonchev–Trinajstić information content (AvgIpc) is 3.83. The monoisotopic (exact) mass is 635 g/mol. The Hall–Kier alpha value is -6.58. The highest BCUT2D eigenvalue weighted by Gasteiger charge is 2.22. The van der Waals surface area contributed by atoms with Gasteiger partial charge in [0, 0.05) is 39.0 Å². The Morgan fingerprint density at radius 2 is 1.12 bits per heavy atom. The number of anilines is 3. The third-order valence-corrected chi connectivity index (χ3v) is 9.06. The van der Waals surface area contributed by atoms with E-state index in [4.69, 9.17) is 17.1 Å². The van der Waals surface area contributed by atoms with Gasteiger partial charge in [-0.1, -0.05) is 121 Å². The van der Waals surface area contributed by atoms with Crippen molar-refractivity contribution in [2.45, 2.75) is 0 Å². The summed E-state index contributed by atoms with van der Waals surface area (Å²) in [6.45, 7) is 0. The van der Waals surface area contributed by atoms with Crippen molar-refractivity contribution in [2.75, 3.05) is 4.90 Å². The lowest BCUT2D eigenvalue weighted by Gasteiger charge is -2.26. The van der Waals surface area contributed by atoms with Crippen molar-refractivity contribution in [3.05, 3.63) is 176 Å². The number of fused-ring (bicyclic) bond motifs is 8. The summed E-state index contributed by atoms with van der Waals surface area (Å²) in [6.07, 6.45) is 0. The first-order valence-corrected chi connectivity index (χ1v) is 15.9. The number of rotatable bonds is 5. The first kappa shape index (κ1) is 20.6. The third-order valence-electron chi connectivity index (χ3n) is 9.06. The molecule has 0 amide bonds. The van der Waals surface area contributed by atoms with Crippen molar-refractivity contribution < 1.29 is 19.8 Å². The fourth-order valence-corrected chi connectivity index (χ4v) is 6.79. The lowest BCUT2D eigenvalue weighted by atomic mass is 9.95. The predicted octanol–water partition coefficient (Wildman–Crippen LogP) is 13.4. The van der Waals surface area contributed by atoms with E-state index in [1.807, 2.05) is 108 Å². The van der Waals surface area contributed by atoms with Gasteiger partial charge >= 0.3 is 0 Å². The van der Waals surface area contributed by atoms with Crippen molar-refractivity contribution >= 4 is 71.7 Å². The molecule has 0 aliphatic heterocycles. The SMILES string of the molecule is [2H]c1c([2H])c(N(c2ccc(-c3ccccc3)cc2)c2ccc3c(c2)oc2ccccc23)c2c(oc3c4c([2H])c([2H])c([2H])c([2H])c4c(-c4ccccc4)c([2H])c32)c1[2H]. The van der Waals surface area contributed by atoms with Crippen molar-refractivity contribution in [1.29, 1.82) is 0 Å². The third kappa shape index (κ3) is 4.44. The quantitative estimate of drug-likeness (QED) is 0.188. The van der Waals surface area contributed by atoms with Crippen LogP contribution in [-0.4, -0.2) is 0 Å². The minimum Gasteiger partial charge on any atom is -0.456 e. The summed E-state index contributed by atoms with van der Waals surface area (Å²) in [6, 6.07) is 37.3. The Bertz CT molecular complexity index is 3270. The summed E-state index contributed by atoms with van der Waals surface area (Å²) in [4.78, 5) is 1.81. The highest BCUT2D eigenvalue weighted by molar-refractivity contribution is 6.22. The minimum atomic E-state index is -0.473. The van der Waals surface area contributed by atoms with Crippen LogP contribution < -0.4 is 4.90 Å². The summed E-state index contributed by atoms with van der Waals surface area (Å²) in [7, 11) is 0. The normalized spacial score (nSPS) is 14.0. The highest BCUT2D eigenvalue weighted by Crippen LogP contribution is 2.47. The van der Waals surface area contributed by atoms with E-state index in [1.54, 1.807) is 24.3 Å². The van der Waals surface area contributed by atoms with Gasteiger partial charge in [-0.05, 0) is 76.1 Å². The van der Waals surface area contributed by atoms with Crippen molar-refractivity contribution in [1.82, 2.24) is 0 Å². The molecule has 10 rings (SSSR count). The zero-order valence-electron chi connectivity index (χ0n) is 33.9. The second kappa shape index (κ2) is 11.0. The lowest BCUT2D eigenvalue weighted by Crippen LogP contribution is -2.10. The molecule has 0 saturated carbocycles. The molecular weight excluding hydrogens is 599 g/mol. The average molecular weight is 636 g/mol. The van der Waals surface area contributed by atoms with Crippen molar-refractivity contribution in [3.8, 4) is 22.3 Å². The molecule has 49 heavy (non-hydrogen) atoms. The molecule has 8 aromatic carbocycles. The van der Waals surface area contributed by atoms with Gasteiger partial charge in [-0.3, -0.25) is 0 Å². The van der Waals surface area contributed by atoms with Gasteiger partial charge in [0.1, 0.15) is 22.3 Å². The Balaban J connectivity index is 1.36. The molecule has 2 heterocycles. The van der Waals surface area contributed by atoms with Gasteiger partial charge in [-0.2, -0.15) is 0 Å². The zero-order chi connectivity index (χ0) is 39.3. The van der Waals surface area contributed by atoms with Gasteiger partial charge in [-0.15, -0.1) is 0 Å². The van der Waals surface area contributed by atoms with E-state index in [2.05, 4.69) is 0 Å². The van der Waals surface area contributed by atoms with Crippen LogP contribution in [0.4, 0.5) is 17.1 Å². The molecule has 0 N–H and O–H groups in total. The molecular formula is C46H29NO2. The van der Waals surface area contributed by atoms with E-state index in [9.17, 15) is 2.74 Å². The Morgan fingerprint density at radius 1 is 0.449 bits per heavy atom. The van der Waals surface area contributed by atoms with Crippen LogP contribution in [0, 0.1) is 0 Å². The summed E-state index contributed by atoms with van der Waals surface area (Å²) in [5.74, 6) is 0. The Kier molecular flexibility index (Phi) is 4.63. The van der Waals surface area contributed by atoms with E-state index < -0.39 is 18.1 Å². The fraction of sp³-hybridized carbons (Fsp3) is 0. The second-order valence-corrected chi connectivity index (χ2v) is 11.9. The van der Waals surface area contributed by atoms with Crippen molar-refractivity contribution in [2.24, 2.45) is 0 Å². The first-order valence-electron chi connectivity index (χ1n) is 19.9. The maximum absolute atomic E-state index is 9.87. The number of hydrogen-bond donors (Lipinski definition) is 0. The number of para-hydroxylation sites is 1. The van der Waals surface area contributed by atoms with Crippen LogP contribution in [0.1, 0.15) is 11.0 Å². The van der Waals surface area contributed by atoms with E-state index >= 15 is 0 Å². The number of hydrogen-bond acceptors (Lipinski definition) is 3. The minimum absolute atomic E-state index is 0.0245. The number of nitrogens with zero attached hydrogens (tertiary/aromatic N) is 1. The molecule has 0 fully saturated rings. The molecule has 0 spiro atoms. The van der Waals surface area contributed by atoms with Gasteiger partial charge in [0.05, 0.1) is 22.0 Å². The van der Waals surface area contributed by atoms with Gasteiger partial charge in [-0.25, -0.2) is 0 Å². The van der Waals surface area contributed by atoms with Crippen LogP contribution in [0.25, 0.3) is 76.9 Å². The van der Waals surface area contributed by atoms with Gasteiger partial charge in [0.15, 0.2) is 0 Å². The Morgan fingerprint density at radius 3 is 1.94 bits per heavy atom. The molecule has 0 unspecified atom stereocenters.